The zero-order chi connectivity index (χ0) is 13.9. The molecule has 1 aromatic carbocycles. The number of carboxylic acid groups (broad SMARTS) is 1. The summed E-state index contributed by atoms with van der Waals surface area (Å²) < 4.78 is 1.77. The maximum atomic E-state index is 10.6. The molecule has 2 aromatic rings. The van der Waals surface area contributed by atoms with Crippen LogP contribution in [0.3, 0.4) is 0 Å². The number of nitrogens with zero attached hydrogens (tertiary/aromatic N) is 4. The molecule has 1 aromatic heterocycles. The van der Waals surface area contributed by atoms with Crippen LogP contribution in [-0.4, -0.2) is 37.0 Å². The molecule has 7 heteroatoms. The van der Waals surface area contributed by atoms with Crippen LogP contribution in [0.25, 0.3) is 0 Å². The van der Waals surface area contributed by atoms with Crippen LogP contribution < -0.4 is 0 Å². The summed E-state index contributed by atoms with van der Waals surface area (Å²) in [6, 6.07) is 8.60. The highest BCUT2D eigenvalue weighted by molar-refractivity contribution is 7.99. The van der Waals surface area contributed by atoms with Gasteiger partial charge >= 0.3 is 5.97 Å². The van der Waals surface area contributed by atoms with Crippen molar-refractivity contribution < 1.29 is 9.90 Å². The van der Waals surface area contributed by atoms with Gasteiger partial charge in [-0.2, -0.15) is 0 Å². The van der Waals surface area contributed by atoms with E-state index in [4.69, 9.17) is 5.11 Å². The van der Waals surface area contributed by atoms with E-state index in [1.54, 1.807) is 4.68 Å². The van der Waals surface area contributed by atoms with E-state index < -0.39 is 5.97 Å². The first-order chi connectivity index (χ1) is 9.74. The van der Waals surface area contributed by atoms with Crippen LogP contribution in [0.2, 0.25) is 0 Å². The number of tetrazole rings is 1. The monoisotopic (exact) mass is 290 g/mol. The first-order valence-electron chi connectivity index (χ1n) is 6.43. The molecule has 1 unspecified atom stereocenters. The summed E-state index contributed by atoms with van der Waals surface area (Å²) in [7, 11) is 0. The molecule has 20 heavy (non-hydrogen) atoms. The lowest BCUT2D eigenvalue weighted by Crippen LogP contribution is -2.20. The molecule has 1 heterocycles. The number of benzene rings is 1. The van der Waals surface area contributed by atoms with Crippen molar-refractivity contribution in [3.63, 3.8) is 0 Å². The number of thioether (sulfide) groups is 1. The Kier molecular flexibility index (Phi) is 3.68. The van der Waals surface area contributed by atoms with Crippen LogP contribution in [0.5, 0.6) is 0 Å². The van der Waals surface area contributed by atoms with E-state index in [0.29, 0.717) is 5.16 Å². The van der Waals surface area contributed by atoms with E-state index in [1.807, 2.05) is 6.07 Å². The third kappa shape index (κ3) is 2.67. The molecule has 0 bridgehead atoms. The van der Waals surface area contributed by atoms with Crippen LogP contribution in [0.1, 0.15) is 23.6 Å². The van der Waals surface area contributed by atoms with Crippen LogP contribution in [0.4, 0.5) is 0 Å². The lowest BCUT2D eigenvalue weighted by molar-refractivity contribution is -0.133. The van der Waals surface area contributed by atoms with Crippen LogP contribution in [0, 0.1) is 0 Å². The van der Waals surface area contributed by atoms with E-state index in [0.717, 1.165) is 31.0 Å². The maximum Gasteiger partial charge on any atom is 0.313 e. The number of aliphatic carboxylic acids is 1. The van der Waals surface area contributed by atoms with Gasteiger partial charge < -0.3 is 5.11 Å². The second-order valence-corrected chi connectivity index (χ2v) is 5.70. The largest absolute Gasteiger partial charge is 0.481 e. The molecule has 0 fully saturated rings. The minimum atomic E-state index is -0.862. The number of aryl methyl sites for hydroxylation is 1. The quantitative estimate of drug-likeness (QED) is 0.861. The minimum Gasteiger partial charge on any atom is -0.481 e. The number of rotatable bonds is 4. The molecule has 1 atom stereocenters. The Morgan fingerprint density at radius 2 is 2.20 bits per heavy atom. The van der Waals surface area contributed by atoms with Gasteiger partial charge in [-0.3, -0.25) is 4.79 Å². The van der Waals surface area contributed by atoms with Gasteiger partial charge in [-0.1, -0.05) is 36.0 Å². The summed E-state index contributed by atoms with van der Waals surface area (Å²) in [5.74, 6) is -0.887. The number of fused-ring (bicyclic) bond motifs is 1. The molecule has 0 aliphatic heterocycles. The molecule has 6 nitrogen and oxygen atoms in total. The van der Waals surface area contributed by atoms with Crippen molar-refractivity contribution in [1.82, 2.24) is 20.2 Å². The smallest absolute Gasteiger partial charge is 0.313 e. The van der Waals surface area contributed by atoms with Gasteiger partial charge in [0.2, 0.25) is 5.16 Å². The third-order valence-corrected chi connectivity index (χ3v) is 4.37. The number of hydrogen-bond donors (Lipinski definition) is 1. The van der Waals surface area contributed by atoms with E-state index >= 15 is 0 Å². The van der Waals surface area contributed by atoms with Crippen molar-refractivity contribution >= 4 is 17.7 Å². The normalized spacial score (nSPS) is 17.7. The molecular weight excluding hydrogens is 276 g/mol. The van der Waals surface area contributed by atoms with Crippen LogP contribution in [-0.2, 0) is 17.6 Å². The van der Waals surface area contributed by atoms with Crippen molar-refractivity contribution in [2.24, 2.45) is 0 Å². The number of carboxylic acids is 1. The fourth-order valence-electron chi connectivity index (χ4n) is 2.52. The summed E-state index contributed by atoms with van der Waals surface area (Å²) in [5, 5.41) is 21.0. The first-order valence-corrected chi connectivity index (χ1v) is 7.42. The van der Waals surface area contributed by atoms with Gasteiger partial charge in [-0.25, -0.2) is 4.68 Å². The zero-order valence-corrected chi connectivity index (χ0v) is 11.6. The lowest BCUT2D eigenvalue weighted by atomic mass is 9.88. The van der Waals surface area contributed by atoms with Crippen LogP contribution in [0.15, 0.2) is 29.4 Å². The van der Waals surface area contributed by atoms with Gasteiger partial charge in [0, 0.05) is 0 Å². The van der Waals surface area contributed by atoms with Crippen molar-refractivity contribution in [1.29, 1.82) is 0 Å². The highest BCUT2D eigenvalue weighted by atomic mass is 32.2. The SMILES string of the molecule is O=C(O)CSc1nnnn1C1CCc2ccccc2C1. The number of aromatic nitrogens is 4. The summed E-state index contributed by atoms with van der Waals surface area (Å²) in [6.07, 6.45) is 2.87. The Labute approximate surface area is 120 Å². The average molecular weight is 290 g/mol. The predicted octanol–water partition coefficient (Wildman–Crippen LogP) is 1.58. The van der Waals surface area contributed by atoms with Crippen molar-refractivity contribution in [2.75, 3.05) is 5.75 Å². The van der Waals surface area contributed by atoms with Gasteiger partial charge in [-0.05, 0) is 40.8 Å². The average Bonchev–Trinajstić information content (AvgIpc) is 2.93. The Balaban J connectivity index is 1.78. The molecule has 1 aliphatic rings. The Morgan fingerprint density at radius 1 is 1.40 bits per heavy atom. The van der Waals surface area contributed by atoms with Crippen molar-refractivity contribution in [2.45, 2.75) is 30.5 Å². The summed E-state index contributed by atoms with van der Waals surface area (Å²) in [5.41, 5.74) is 2.71. The standard InChI is InChI=1S/C13H14N4O2S/c18-12(19)8-20-13-14-15-16-17(13)11-6-5-9-3-1-2-4-10(9)7-11/h1-4,11H,5-8H2,(H,18,19). The minimum absolute atomic E-state index is 0.0241. The molecule has 3 rings (SSSR count). The fraction of sp³-hybridized carbons (Fsp3) is 0.385. The van der Waals surface area contributed by atoms with E-state index in [-0.39, 0.29) is 11.8 Å². The Bertz CT molecular complexity index is 628. The van der Waals surface area contributed by atoms with Crippen LogP contribution >= 0.6 is 11.8 Å². The lowest BCUT2D eigenvalue weighted by Gasteiger charge is -2.24. The highest BCUT2D eigenvalue weighted by Gasteiger charge is 2.23. The second kappa shape index (κ2) is 5.62. The van der Waals surface area contributed by atoms with Gasteiger partial charge in [0.15, 0.2) is 0 Å². The molecule has 1 N–H and O–H groups in total. The van der Waals surface area contributed by atoms with E-state index in [9.17, 15) is 4.79 Å². The predicted molar refractivity (Wildman–Crippen MR) is 73.7 cm³/mol. The molecule has 0 radical (unpaired) electrons. The first kappa shape index (κ1) is 13.1. The van der Waals surface area contributed by atoms with E-state index in [2.05, 4.69) is 33.7 Å². The molecule has 0 saturated carbocycles. The fourth-order valence-corrected chi connectivity index (χ4v) is 3.19. The molecule has 104 valence electrons. The Hall–Kier alpha value is -1.89. The highest BCUT2D eigenvalue weighted by Crippen LogP contribution is 2.30. The molecule has 0 amide bonds. The van der Waals surface area contributed by atoms with Gasteiger partial charge in [0.25, 0.3) is 0 Å². The third-order valence-electron chi connectivity index (χ3n) is 3.45. The molecular formula is C13H14N4O2S. The van der Waals surface area contributed by atoms with Gasteiger partial charge in [0.05, 0.1) is 11.8 Å². The zero-order valence-electron chi connectivity index (χ0n) is 10.8. The van der Waals surface area contributed by atoms with Crippen molar-refractivity contribution in [3.05, 3.63) is 35.4 Å². The summed E-state index contributed by atoms with van der Waals surface area (Å²) in [4.78, 5) is 10.6. The number of hydrogen-bond acceptors (Lipinski definition) is 5. The molecule has 0 saturated heterocycles. The Morgan fingerprint density at radius 3 is 3.00 bits per heavy atom. The molecule has 1 aliphatic carbocycles. The second-order valence-electron chi connectivity index (χ2n) is 4.75. The summed E-state index contributed by atoms with van der Waals surface area (Å²) >= 11 is 1.16. The van der Waals surface area contributed by atoms with Gasteiger partial charge in [-0.15, -0.1) is 5.10 Å². The van der Waals surface area contributed by atoms with E-state index in [1.165, 1.54) is 11.1 Å². The maximum absolute atomic E-state index is 10.6. The topological polar surface area (TPSA) is 80.9 Å². The van der Waals surface area contributed by atoms with Gasteiger partial charge in [0.1, 0.15) is 0 Å². The molecule has 0 spiro atoms. The summed E-state index contributed by atoms with van der Waals surface area (Å²) in [6.45, 7) is 0. The number of carbonyl (C=O) groups is 1. The van der Waals surface area contributed by atoms with Crippen molar-refractivity contribution in [3.8, 4) is 0 Å².